The quantitative estimate of drug-likeness (QED) is 0.543. The van der Waals surface area contributed by atoms with Crippen molar-refractivity contribution in [1.82, 2.24) is 9.80 Å². The monoisotopic (exact) mass is 432 g/mol. The number of hydrogen-bond acceptors (Lipinski definition) is 5. The molecule has 4 aliphatic carbocycles. The molecule has 7 unspecified atom stereocenters. The molecule has 7 aliphatic rings. The summed E-state index contributed by atoms with van der Waals surface area (Å²) in [6, 6.07) is 7.82. The zero-order chi connectivity index (χ0) is 21.4. The van der Waals surface area contributed by atoms with Gasteiger partial charge in [-0.3, -0.25) is 19.4 Å². The van der Waals surface area contributed by atoms with Crippen LogP contribution in [0.2, 0.25) is 0 Å². The van der Waals surface area contributed by atoms with E-state index in [1.165, 1.54) is 0 Å². The van der Waals surface area contributed by atoms with Gasteiger partial charge < -0.3 is 9.47 Å². The van der Waals surface area contributed by atoms with Crippen molar-refractivity contribution >= 4 is 11.8 Å². The van der Waals surface area contributed by atoms with Crippen molar-refractivity contribution in [2.24, 2.45) is 35.5 Å². The molecule has 166 valence electrons. The Bertz CT molecular complexity index is 986. The number of para-hydroxylation sites is 2. The van der Waals surface area contributed by atoms with Crippen LogP contribution in [0.15, 0.2) is 48.6 Å². The maximum atomic E-state index is 13.4. The van der Waals surface area contributed by atoms with Gasteiger partial charge in [0.2, 0.25) is 11.8 Å². The average Bonchev–Trinajstić information content (AvgIpc) is 3.06. The Kier molecular flexibility index (Phi) is 4.11. The second-order valence-corrected chi connectivity index (χ2v) is 10.2. The summed E-state index contributed by atoms with van der Waals surface area (Å²) < 4.78 is 12.0. The summed E-state index contributed by atoms with van der Waals surface area (Å²) >= 11 is 0. The van der Waals surface area contributed by atoms with Crippen LogP contribution in [0.25, 0.3) is 0 Å². The number of piperidine rings is 1. The lowest BCUT2D eigenvalue weighted by atomic mass is 9.50. The van der Waals surface area contributed by atoms with E-state index in [2.05, 4.69) is 29.2 Å². The fourth-order valence-electron chi connectivity index (χ4n) is 7.08. The smallest absolute Gasteiger partial charge is 0.233 e. The highest BCUT2D eigenvalue weighted by molar-refractivity contribution is 6.06. The Labute approximate surface area is 187 Å². The standard InChI is InChI=1S/C26H28N2O4/c29-25-23-19-7-8-20(18-6-5-17(18)19)24(23)26(30)28(25)15-9-11-27(12-10-15)13-16-14-31-21-3-1-2-4-22(21)32-16/h1-8,15-20,23-24H,9-14H2. The van der Waals surface area contributed by atoms with Gasteiger partial charge in [0.15, 0.2) is 11.5 Å². The summed E-state index contributed by atoms with van der Waals surface area (Å²) in [6.45, 7) is 3.10. The number of fused-ring (bicyclic) bond motifs is 1. The molecule has 2 amide bonds. The van der Waals surface area contributed by atoms with Crippen LogP contribution in [-0.4, -0.2) is 60.0 Å². The van der Waals surface area contributed by atoms with E-state index in [9.17, 15) is 9.59 Å². The summed E-state index contributed by atoms with van der Waals surface area (Å²) in [5, 5.41) is 0. The molecule has 7 atom stereocenters. The highest BCUT2D eigenvalue weighted by Crippen LogP contribution is 2.59. The minimum Gasteiger partial charge on any atom is -0.486 e. The summed E-state index contributed by atoms with van der Waals surface area (Å²) in [5.74, 6) is 2.91. The summed E-state index contributed by atoms with van der Waals surface area (Å²) in [4.78, 5) is 30.9. The second-order valence-electron chi connectivity index (χ2n) is 10.2. The van der Waals surface area contributed by atoms with E-state index < -0.39 is 0 Å². The first-order chi connectivity index (χ1) is 15.7. The molecular formula is C26H28N2O4. The van der Waals surface area contributed by atoms with E-state index in [0.717, 1.165) is 44.0 Å². The van der Waals surface area contributed by atoms with Crippen molar-refractivity contribution in [1.29, 1.82) is 0 Å². The summed E-state index contributed by atoms with van der Waals surface area (Å²) in [6.07, 6.45) is 10.6. The maximum absolute atomic E-state index is 13.4. The molecular weight excluding hydrogens is 404 g/mol. The van der Waals surface area contributed by atoms with E-state index in [-0.39, 0.29) is 47.6 Å². The highest BCUT2D eigenvalue weighted by atomic mass is 16.6. The lowest BCUT2D eigenvalue weighted by Gasteiger charge is -2.51. The topological polar surface area (TPSA) is 59.1 Å². The SMILES string of the molecule is O=C1C2C3C=CC(C4C=CC43)C2C(=O)N1C1CCN(CC2COc3ccccc3O2)CC1. The van der Waals surface area contributed by atoms with Gasteiger partial charge in [-0.2, -0.15) is 0 Å². The molecule has 3 aliphatic heterocycles. The average molecular weight is 433 g/mol. The van der Waals surface area contributed by atoms with Crippen LogP contribution in [0.3, 0.4) is 0 Å². The zero-order valence-corrected chi connectivity index (χ0v) is 18.0. The largest absolute Gasteiger partial charge is 0.486 e. The van der Waals surface area contributed by atoms with Gasteiger partial charge in [-0.1, -0.05) is 36.4 Å². The number of carbonyl (C=O) groups is 2. The number of carbonyl (C=O) groups excluding carboxylic acids is 2. The predicted octanol–water partition coefficient (Wildman–Crippen LogP) is 2.51. The first-order valence-corrected chi connectivity index (χ1v) is 12.0. The number of ether oxygens (including phenoxy) is 2. The molecule has 3 fully saturated rings. The minimum atomic E-state index is -0.130. The Hall–Kier alpha value is -2.60. The minimum absolute atomic E-state index is 0.00374. The van der Waals surface area contributed by atoms with Crippen molar-refractivity contribution in [3.8, 4) is 11.5 Å². The van der Waals surface area contributed by atoms with Crippen LogP contribution >= 0.6 is 0 Å². The Morgan fingerprint density at radius 3 is 2.03 bits per heavy atom. The number of imide groups is 1. The van der Waals surface area contributed by atoms with Gasteiger partial charge in [0.1, 0.15) is 12.7 Å². The van der Waals surface area contributed by atoms with Crippen molar-refractivity contribution in [3.63, 3.8) is 0 Å². The molecule has 0 N–H and O–H groups in total. The molecule has 32 heavy (non-hydrogen) atoms. The molecule has 2 saturated heterocycles. The molecule has 6 heteroatoms. The van der Waals surface area contributed by atoms with Crippen LogP contribution in [0, 0.1) is 35.5 Å². The van der Waals surface area contributed by atoms with E-state index in [0.29, 0.717) is 18.4 Å². The zero-order valence-electron chi connectivity index (χ0n) is 18.0. The van der Waals surface area contributed by atoms with E-state index in [1.807, 2.05) is 24.3 Å². The van der Waals surface area contributed by atoms with Crippen molar-refractivity contribution in [2.45, 2.75) is 25.0 Å². The predicted molar refractivity (Wildman–Crippen MR) is 117 cm³/mol. The van der Waals surface area contributed by atoms with Gasteiger partial charge in [0.25, 0.3) is 0 Å². The highest BCUT2D eigenvalue weighted by Gasteiger charge is 2.63. The van der Waals surface area contributed by atoms with Gasteiger partial charge in [0, 0.05) is 25.7 Å². The van der Waals surface area contributed by atoms with Gasteiger partial charge in [-0.15, -0.1) is 0 Å². The number of amides is 2. The molecule has 1 aromatic rings. The molecule has 2 bridgehead atoms. The molecule has 1 saturated carbocycles. The first-order valence-electron chi connectivity index (χ1n) is 12.0. The molecule has 6 nitrogen and oxygen atoms in total. The number of nitrogens with zero attached hydrogens (tertiary/aromatic N) is 2. The second kappa shape index (κ2) is 6.95. The first kappa shape index (κ1) is 18.9. The third kappa shape index (κ3) is 2.62. The van der Waals surface area contributed by atoms with Crippen LogP contribution in [0.1, 0.15) is 12.8 Å². The van der Waals surface area contributed by atoms with Crippen molar-refractivity contribution in [2.75, 3.05) is 26.2 Å². The van der Waals surface area contributed by atoms with E-state index in [1.54, 1.807) is 4.90 Å². The van der Waals surface area contributed by atoms with Crippen molar-refractivity contribution < 1.29 is 19.1 Å². The molecule has 3 heterocycles. The maximum Gasteiger partial charge on any atom is 0.233 e. The van der Waals surface area contributed by atoms with Crippen LogP contribution in [0.4, 0.5) is 0 Å². The third-order valence-corrected chi connectivity index (χ3v) is 8.66. The number of benzene rings is 1. The van der Waals surface area contributed by atoms with Crippen LogP contribution in [-0.2, 0) is 9.59 Å². The fourth-order valence-corrected chi connectivity index (χ4v) is 7.08. The van der Waals surface area contributed by atoms with Gasteiger partial charge >= 0.3 is 0 Å². The number of rotatable bonds is 3. The van der Waals surface area contributed by atoms with Crippen LogP contribution < -0.4 is 9.47 Å². The number of allylic oxidation sites excluding steroid dienone is 4. The lowest BCUT2D eigenvalue weighted by Crippen LogP contribution is -2.50. The van der Waals surface area contributed by atoms with Crippen LogP contribution in [0.5, 0.6) is 11.5 Å². The third-order valence-electron chi connectivity index (χ3n) is 8.66. The lowest BCUT2D eigenvalue weighted by molar-refractivity contribution is -0.144. The number of likely N-dealkylation sites (tertiary alicyclic amines) is 2. The van der Waals surface area contributed by atoms with Gasteiger partial charge in [-0.05, 0) is 48.6 Å². The number of hydrogen-bond donors (Lipinski definition) is 0. The normalized spacial score (nSPS) is 39.8. The molecule has 0 aromatic heterocycles. The Morgan fingerprint density at radius 2 is 1.41 bits per heavy atom. The van der Waals surface area contributed by atoms with E-state index >= 15 is 0 Å². The van der Waals surface area contributed by atoms with Crippen molar-refractivity contribution in [3.05, 3.63) is 48.6 Å². The Morgan fingerprint density at radius 1 is 0.812 bits per heavy atom. The molecule has 0 spiro atoms. The fraction of sp³-hybridized carbons (Fsp3) is 0.538. The Balaban J connectivity index is 1.00. The van der Waals surface area contributed by atoms with E-state index in [4.69, 9.17) is 9.47 Å². The molecule has 1 aromatic carbocycles. The summed E-state index contributed by atoms with van der Waals surface area (Å²) in [7, 11) is 0. The van der Waals surface area contributed by atoms with Gasteiger partial charge in [0.05, 0.1) is 11.8 Å². The molecule has 0 radical (unpaired) electrons. The summed E-state index contributed by atoms with van der Waals surface area (Å²) in [5.41, 5.74) is 0. The van der Waals surface area contributed by atoms with Gasteiger partial charge in [-0.25, -0.2) is 0 Å². The molecule has 8 rings (SSSR count).